The molecule has 32 heavy (non-hydrogen) atoms. The monoisotopic (exact) mass is 575 g/mol. The number of amides is 1. The summed E-state index contributed by atoms with van der Waals surface area (Å²) in [5.41, 5.74) is 0. The average molecular weight is 576 g/mol. The summed E-state index contributed by atoms with van der Waals surface area (Å²) in [6, 6.07) is 5.29. The summed E-state index contributed by atoms with van der Waals surface area (Å²) < 4.78 is 0. The number of hydrogen-bond acceptors (Lipinski definition) is 4. The number of carbonyl (C=O) groups is 1. The fourth-order valence-electron chi connectivity index (χ4n) is 5.14. The number of carbonyl (C=O) groups excluding carboxylic acids is 1. The third-order valence-electron chi connectivity index (χ3n) is 7.08. The number of nitrogens with one attached hydrogen (secondary N) is 2. The molecule has 2 fully saturated rings. The van der Waals surface area contributed by atoms with E-state index in [9.17, 15) is 4.79 Å². The van der Waals surface area contributed by atoms with Gasteiger partial charge in [0.15, 0.2) is 5.96 Å². The van der Waals surface area contributed by atoms with Crippen molar-refractivity contribution >= 4 is 47.2 Å². The highest BCUT2D eigenvalue weighted by Gasteiger charge is 2.31. The van der Waals surface area contributed by atoms with Gasteiger partial charge in [-0.1, -0.05) is 19.9 Å². The van der Waals surface area contributed by atoms with E-state index >= 15 is 0 Å². The number of thiophene rings is 1. The van der Waals surface area contributed by atoms with Gasteiger partial charge in [-0.2, -0.15) is 0 Å². The summed E-state index contributed by atoms with van der Waals surface area (Å²) in [5, 5.41) is 9.40. The van der Waals surface area contributed by atoms with Crippen LogP contribution in [0.4, 0.5) is 0 Å². The van der Waals surface area contributed by atoms with Crippen molar-refractivity contribution in [3.8, 4) is 0 Å². The first-order valence-electron chi connectivity index (χ1n) is 12.1. The molecule has 8 heteroatoms. The lowest BCUT2D eigenvalue weighted by atomic mass is 9.88. The number of guanidine groups is 1. The molecule has 2 atom stereocenters. The maximum absolute atomic E-state index is 12.6. The van der Waals surface area contributed by atoms with Crippen LogP contribution < -0.4 is 10.6 Å². The van der Waals surface area contributed by atoms with E-state index in [0.717, 1.165) is 51.3 Å². The lowest BCUT2D eigenvalue weighted by Crippen LogP contribution is -2.51. The fourth-order valence-corrected chi connectivity index (χ4v) is 6.12. The Hall–Kier alpha value is -0.870. The third-order valence-corrected chi connectivity index (χ3v) is 8.02. The first-order chi connectivity index (χ1) is 15.1. The Labute approximate surface area is 215 Å². The molecular formula is C24H42IN5OS. The molecule has 2 aliphatic rings. The fraction of sp³-hybridized carbons (Fsp3) is 0.750. The average Bonchev–Trinajstić information content (AvgIpc) is 3.32. The topological polar surface area (TPSA) is 60.0 Å². The predicted molar refractivity (Wildman–Crippen MR) is 146 cm³/mol. The van der Waals surface area contributed by atoms with Gasteiger partial charge in [0.25, 0.3) is 0 Å². The van der Waals surface area contributed by atoms with E-state index in [0.29, 0.717) is 23.9 Å². The second-order valence-corrected chi connectivity index (χ2v) is 10.0. The van der Waals surface area contributed by atoms with E-state index < -0.39 is 0 Å². The number of rotatable bonds is 7. The Bertz CT molecular complexity index is 701. The van der Waals surface area contributed by atoms with Gasteiger partial charge in [0, 0.05) is 49.6 Å². The second-order valence-electron chi connectivity index (χ2n) is 9.05. The highest BCUT2D eigenvalue weighted by Crippen LogP contribution is 2.36. The van der Waals surface area contributed by atoms with Crippen LogP contribution in [0, 0.1) is 11.8 Å². The molecule has 3 rings (SSSR count). The molecule has 0 aliphatic carbocycles. The van der Waals surface area contributed by atoms with E-state index in [1.165, 1.54) is 24.3 Å². The highest BCUT2D eigenvalue weighted by atomic mass is 127. The van der Waals surface area contributed by atoms with Gasteiger partial charge in [0.1, 0.15) is 0 Å². The van der Waals surface area contributed by atoms with Crippen molar-refractivity contribution in [2.24, 2.45) is 16.8 Å². The van der Waals surface area contributed by atoms with Crippen LogP contribution in [0.2, 0.25) is 0 Å². The minimum atomic E-state index is 0. The van der Waals surface area contributed by atoms with E-state index in [-0.39, 0.29) is 29.9 Å². The van der Waals surface area contributed by atoms with Gasteiger partial charge in [-0.25, -0.2) is 0 Å². The van der Waals surface area contributed by atoms with Crippen molar-refractivity contribution in [3.63, 3.8) is 0 Å². The van der Waals surface area contributed by atoms with E-state index in [4.69, 9.17) is 0 Å². The molecule has 0 bridgehead atoms. The summed E-state index contributed by atoms with van der Waals surface area (Å²) >= 11 is 1.87. The maximum atomic E-state index is 12.6. The van der Waals surface area contributed by atoms with Crippen LogP contribution in [-0.4, -0.2) is 68.0 Å². The van der Waals surface area contributed by atoms with Gasteiger partial charge >= 0.3 is 0 Å². The Morgan fingerprint density at radius 2 is 1.94 bits per heavy atom. The van der Waals surface area contributed by atoms with E-state index in [2.05, 4.69) is 63.8 Å². The smallest absolute Gasteiger partial charge is 0.225 e. The molecule has 0 spiro atoms. The molecule has 0 saturated carbocycles. The lowest BCUT2D eigenvalue weighted by molar-refractivity contribution is -0.136. The predicted octanol–water partition coefficient (Wildman–Crippen LogP) is 4.34. The second kappa shape index (κ2) is 13.7. The number of hydrogen-bond donors (Lipinski definition) is 2. The molecule has 2 aliphatic heterocycles. The largest absolute Gasteiger partial charge is 0.356 e. The number of likely N-dealkylation sites (tertiary alicyclic amines) is 2. The Balaban J connectivity index is 0.00000363. The maximum Gasteiger partial charge on any atom is 0.225 e. The molecule has 0 radical (unpaired) electrons. The SMILES string of the molecule is CCC(CC)C(=O)N1CCC(NC(=NC)NCC2CCCN(C)C2c2cccs2)CC1.I. The van der Waals surface area contributed by atoms with Crippen LogP contribution in [0.15, 0.2) is 22.5 Å². The number of piperidine rings is 2. The van der Waals surface area contributed by atoms with Crippen LogP contribution in [0.3, 0.4) is 0 Å². The normalized spacial score (nSPS) is 23.2. The zero-order chi connectivity index (χ0) is 22.2. The molecular weight excluding hydrogens is 533 g/mol. The van der Waals surface area contributed by atoms with Crippen LogP contribution in [-0.2, 0) is 4.79 Å². The molecule has 6 nitrogen and oxygen atoms in total. The number of nitrogens with zero attached hydrogens (tertiary/aromatic N) is 3. The Morgan fingerprint density at radius 1 is 1.22 bits per heavy atom. The standard InChI is InChI=1S/C24H41N5OS.HI/c1-5-18(6-2)23(30)29-14-11-20(12-15-29)27-24(25-3)26-17-19-9-7-13-28(4)22(19)21-10-8-16-31-21;/h8,10,16,18-20,22H,5-7,9,11-15,17H2,1-4H3,(H2,25,26,27);1H. The quantitative estimate of drug-likeness (QED) is 0.289. The molecule has 1 aromatic heterocycles. The van der Waals surface area contributed by atoms with Gasteiger partial charge in [0.2, 0.25) is 5.91 Å². The molecule has 1 aromatic rings. The highest BCUT2D eigenvalue weighted by molar-refractivity contribution is 14.0. The molecule has 1 amide bonds. The zero-order valence-corrected chi connectivity index (χ0v) is 23.3. The van der Waals surface area contributed by atoms with Crippen molar-refractivity contribution in [1.82, 2.24) is 20.4 Å². The zero-order valence-electron chi connectivity index (χ0n) is 20.2. The van der Waals surface area contributed by atoms with Crippen LogP contribution >= 0.6 is 35.3 Å². The van der Waals surface area contributed by atoms with E-state index in [1.807, 2.05) is 18.4 Å². The summed E-state index contributed by atoms with van der Waals surface area (Å²) in [7, 11) is 4.10. The van der Waals surface area contributed by atoms with E-state index in [1.54, 1.807) is 0 Å². The minimum absolute atomic E-state index is 0. The Kier molecular flexibility index (Phi) is 11.8. The van der Waals surface area contributed by atoms with Crippen LogP contribution in [0.25, 0.3) is 0 Å². The first-order valence-corrected chi connectivity index (χ1v) is 12.9. The molecule has 0 aromatic carbocycles. The van der Waals surface area contributed by atoms with Gasteiger partial charge in [0.05, 0.1) is 0 Å². The molecule has 182 valence electrons. The Morgan fingerprint density at radius 3 is 2.53 bits per heavy atom. The summed E-state index contributed by atoms with van der Waals surface area (Å²) in [5.74, 6) is 1.99. The number of aliphatic imine (C=N–C) groups is 1. The first kappa shape index (κ1) is 27.4. The van der Waals surface area contributed by atoms with Crippen molar-refractivity contribution in [1.29, 1.82) is 0 Å². The van der Waals surface area contributed by atoms with Gasteiger partial charge in [-0.3, -0.25) is 14.7 Å². The molecule has 2 N–H and O–H groups in total. The van der Waals surface area contributed by atoms with Gasteiger partial charge < -0.3 is 15.5 Å². The lowest BCUT2D eigenvalue weighted by Gasteiger charge is -2.39. The molecule has 2 unspecified atom stereocenters. The molecule has 3 heterocycles. The molecule has 2 saturated heterocycles. The minimum Gasteiger partial charge on any atom is -0.356 e. The summed E-state index contributed by atoms with van der Waals surface area (Å²) in [6.07, 6.45) is 6.33. The summed E-state index contributed by atoms with van der Waals surface area (Å²) in [6.45, 7) is 8.01. The van der Waals surface area contributed by atoms with Gasteiger partial charge in [-0.15, -0.1) is 35.3 Å². The van der Waals surface area contributed by atoms with Crippen molar-refractivity contribution in [2.75, 3.05) is 40.3 Å². The van der Waals surface area contributed by atoms with Crippen molar-refractivity contribution in [3.05, 3.63) is 22.4 Å². The summed E-state index contributed by atoms with van der Waals surface area (Å²) in [4.78, 5) is 23.2. The third kappa shape index (κ3) is 7.06. The van der Waals surface area contributed by atoms with Crippen LogP contribution in [0.5, 0.6) is 0 Å². The van der Waals surface area contributed by atoms with Crippen molar-refractivity contribution < 1.29 is 4.79 Å². The van der Waals surface area contributed by atoms with Crippen molar-refractivity contribution in [2.45, 2.75) is 64.5 Å². The van der Waals surface area contributed by atoms with Crippen LogP contribution in [0.1, 0.15) is 63.3 Å². The number of halogens is 1. The van der Waals surface area contributed by atoms with Gasteiger partial charge in [-0.05, 0) is 69.5 Å².